The molecule has 0 aliphatic carbocycles. The molecule has 0 aromatic heterocycles. The highest BCUT2D eigenvalue weighted by Crippen LogP contribution is 2.18. The minimum Gasteiger partial charge on any atom is -0.369 e. The molecular weight excluding hydrogens is 364 g/mol. The van der Waals surface area contributed by atoms with E-state index in [9.17, 15) is 13.2 Å². The van der Waals surface area contributed by atoms with Crippen LogP contribution in [0.5, 0.6) is 0 Å². The maximum Gasteiger partial charge on any atom is 0.238 e. The van der Waals surface area contributed by atoms with Crippen LogP contribution in [-0.2, 0) is 14.8 Å². The smallest absolute Gasteiger partial charge is 0.238 e. The Labute approximate surface area is 159 Å². The third kappa shape index (κ3) is 5.29. The Balaban J connectivity index is 1.49. The second-order valence-corrected chi connectivity index (χ2v) is 8.28. The van der Waals surface area contributed by atoms with Gasteiger partial charge in [-0.15, -0.1) is 0 Å². The molecule has 0 unspecified atom stereocenters. The van der Waals surface area contributed by atoms with Crippen LogP contribution in [0.15, 0.2) is 53.4 Å². The number of nitrogens with two attached hydrogens (primary N) is 1. The molecule has 3 rings (SSSR count). The Hall–Kier alpha value is -2.42. The molecule has 1 heterocycles. The SMILES string of the molecule is Cc1cccc(N2CCN(CC(=O)Nc3ccc(S(N)(=O)=O)cc3)CC2)c1. The van der Waals surface area contributed by atoms with Gasteiger partial charge >= 0.3 is 0 Å². The number of amides is 1. The highest BCUT2D eigenvalue weighted by atomic mass is 32.2. The lowest BCUT2D eigenvalue weighted by molar-refractivity contribution is -0.117. The molecule has 2 aromatic carbocycles. The van der Waals surface area contributed by atoms with Crippen LogP contribution in [0, 0.1) is 6.92 Å². The number of nitrogens with zero attached hydrogens (tertiary/aromatic N) is 2. The van der Waals surface area contributed by atoms with Crippen molar-refractivity contribution >= 4 is 27.3 Å². The van der Waals surface area contributed by atoms with Gasteiger partial charge in [-0.1, -0.05) is 12.1 Å². The van der Waals surface area contributed by atoms with E-state index < -0.39 is 10.0 Å². The average molecular weight is 388 g/mol. The number of anilines is 2. The normalized spacial score (nSPS) is 15.6. The number of primary sulfonamides is 1. The summed E-state index contributed by atoms with van der Waals surface area (Å²) < 4.78 is 22.5. The molecule has 1 amide bonds. The molecule has 0 atom stereocenters. The predicted octanol–water partition coefficient (Wildman–Crippen LogP) is 1.40. The fourth-order valence-corrected chi connectivity index (χ4v) is 3.64. The van der Waals surface area contributed by atoms with Crippen molar-refractivity contribution in [2.24, 2.45) is 5.14 Å². The van der Waals surface area contributed by atoms with Gasteiger partial charge in [0.25, 0.3) is 0 Å². The van der Waals surface area contributed by atoms with Gasteiger partial charge in [0, 0.05) is 37.6 Å². The molecule has 1 aliphatic heterocycles. The topological polar surface area (TPSA) is 95.7 Å². The fourth-order valence-electron chi connectivity index (χ4n) is 3.12. The predicted molar refractivity (Wildman–Crippen MR) is 106 cm³/mol. The molecule has 2 aromatic rings. The van der Waals surface area contributed by atoms with Crippen LogP contribution < -0.4 is 15.4 Å². The van der Waals surface area contributed by atoms with E-state index in [1.54, 1.807) is 0 Å². The zero-order valence-corrected chi connectivity index (χ0v) is 16.1. The van der Waals surface area contributed by atoms with Gasteiger partial charge in [0.05, 0.1) is 11.4 Å². The van der Waals surface area contributed by atoms with Crippen LogP contribution in [-0.4, -0.2) is 51.9 Å². The number of piperazine rings is 1. The molecule has 1 aliphatic rings. The zero-order valence-electron chi connectivity index (χ0n) is 15.3. The van der Waals surface area contributed by atoms with E-state index in [1.807, 2.05) is 0 Å². The van der Waals surface area contributed by atoms with Crippen molar-refractivity contribution in [3.63, 3.8) is 0 Å². The van der Waals surface area contributed by atoms with Gasteiger partial charge in [0.15, 0.2) is 0 Å². The van der Waals surface area contributed by atoms with Crippen molar-refractivity contribution < 1.29 is 13.2 Å². The average Bonchev–Trinajstić information content (AvgIpc) is 2.62. The lowest BCUT2D eigenvalue weighted by atomic mass is 10.2. The van der Waals surface area contributed by atoms with Gasteiger partial charge < -0.3 is 10.2 Å². The maximum absolute atomic E-state index is 12.2. The molecule has 8 heteroatoms. The molecule has 0 bridgehead atoms. The Morgan fingerprint density at radius 3 is 2.33 bits per heavy atom. The summed E-state index contributed by atoms with van der Waals surface area (Å²) in [6.07, 6.45) is 0. The van der Waals surface area contributed by atoms with Crippen LogP contribution >= 0.6 is 0 Å². The molecule has 0 spiro atoms. The quantitative estimate of drug-likeness (QED) is 0.807. The van der Waals surface area contributed by atoms with Crippen molar-refractivity contribution in [2.75, 3.05) is 42.9 Å². The van der Waals surface area contributed by atoms with Gasteiger partial charge in [-0.2, -0.15) is 0 Å². The first-order valence-corrected chi connectivity index (χ1v) is 10.3. The third-order valence-electron chi connectivity index (χ3n) is 4.57. The minimum atomic E-state index is -3.73. The maximum atomic E-state index is 12.2. The molecule has 144 valence electrons. The van der Waals surface area contributed by atoms with Gasteiger partial charge in [-0.05, 0) is 48.9 Å². The summed E-state index contributed by atoms with van der Waals surface area (Å²) >= 11 is 0. The monoisotopic (exact) mass is 388 g/mol. The number of rotatable bonds is 5. The van der Waals surface area contributed by atoms with Crippen molar-refractivity contribution in [1.29, 1.82) is 0 Å². The number of carbonyl (C=O) groups excluding carboxylic acids is 1. The molecule has 1 saturated heterocycles. The number of carbonyl (C=O) groups is 1. The summed E-state index contributed by atoms with van der Waals surface area (Å²) in [6.45, 7) is 5.76. The van der Waals surface area contributed by atoms with Crippen molar-refractivity contribution in [2.45, 2.75) is 11.8 Å². The summed E-state index contributed by atoms with van der Waals surface area (Å²) in [5.74, 6) is -0.123. The zero-order chi connectivity index (χ0) is 19.4. The van der Waals surface area contributed by atoms with Crippen LogP contribution in [0.25, 0.3) is 0 Å². The van der Waals surface area contributed by atoms with E-state index in [-0.39, 0.29) is 10.8 Å². The molecular formula is C19H24N4O3S. The first-order chi connectivity index (χ1) is 12.8. The fraction of sp³-hybridized carbons (Fsp3) is 0.316. The minimum absolute atomic E-state index is 0.0211. The van der Waals surface area contributed by atoms with Crippen LogP contribution in [0.3, 0.4) is 0 Å². The molecule has 27 heavy (non-hydrogen) atoms. The van der Waals surface area contributed by atoms with E-state index in [0.29, 0.717) is 12.2 Å². The summed E-state index contributed by atoms with van der Waals surface area (Å²) in [5.41, 5.74) is 3.00. The first kappa shape index (κ1) is 19.3. The Morgan fingerprint density at radius 1 is 1.07 bits per heavy atom. The van der Waals surface area contributed by atoms with Crippen LogP contribution in [0.1, 0.15) is 5.56 Å². The van der Waals surface area contributed by atoms with Gasteiger partial charge in [0.1, 0.15) is 0 Å². The Morgan fingerprint density at radius 2 is 1.74 bits per heavy atom. The van der Waals surface area contributed by atoms with Gasteiger partial charge in [-0.25, -0.2) is 13.6 Å². The first-order valence-electron chi connectivity index (χ1n) is 8.78. The van der Waals surface area contributed by atoms with Crippen LogP contribution in [0.2, 0.25) is 0 Å². The van der Waals surface area contributed by atoms with Gasteiger partial charge in [0.2, 0.25) is 15.9 Å². The standard InChI is InChI=1S/C19H24N4O3S/c1-15-3-2-4-17(13-15)23-11-9-22(10-12-23)14-19(24)21-16-5-7-18(8-6-16)27(20,25)26/h2-8,13H,9-12,14H2,1H3,(H,21,24)(H2,20,25,26). The highest BCUT2D eigenvalue weighted by Gasteiger charge is 2.19. The molecule has 7 nitrogen and oxygen atoms in total. The van der Waals surface area contributed by atoms with Crippen molar-refractivity contribution in [3.05, 3.63) is 54.1 Å². The lowest BCUT2D eigenvalue weighted by Crippen LogP contribution is -2.48. The number of aryl methyl sites for hydroxylation is 1. The molecule has 0 saturated carbocycles. The number of nitrogens with one attached hydrogen (secondary N) is 1. The number of sulfonamides is 1. The summed E-state index contributed by atoms with van der Waals surface area (Å²) in [4.78, 5) is 16.7. The molecule has 1 fully saturated rings. The Kier molecular flexibility index (Phi) is 5.79. The lowest BCUT2D eigenvalue weighted by Gasteiger charge is -2.35. The largest absolute Gasteiger partial charge is 0.369 e. The van der Waals surface area contributed by atoms with E-state index in [0.717, 1.165) is 26.2 Å². The number of hydrogen-bond acceptors (Lipinski definition) is 5. The number of benzene rings is 2. The molecule has 0 radical (unpaired) electrons. The second-order valence-electron chi connectivity index (χ2n) is 6.72. The summed E-state index contributed by atoms with van der Waals surface area (Å²) in [6, 6.07) is 14.3. The Bertz CT molecular complexity index is 905. The second kappa shape index (κ2) is 8.08. The summed E-state index contributed by atoms with van der Waals surface area (Å²) in [5, 5.41) is 7.86. The number of hydrogen-bond donors (Lipinski definition) is 2. The third-order valence-corrected chi connectivity index (χ3v) is 5.50. The van der Waals surface area contributed by atoms with Crippen molar-refractivity contribution in [3.8, 4) is 0 Å². The molecule has 3 N–H and O–H groups in total. The van der Waals surface area contributed by atoms with Gasteiger partial charge in [-0.3, -0.25) is 9.69 Å². The highest BCUT2D eigenvalue weighted by molar-refractivity contribution is 7.89. The van der Waals surface area contributed by atoms with Crippen LogP contribution in [0.4, 0.5) is 11.4 Å². The van der Waals surface area contributed by atoms with Crippen molar-refractivity contribution in [1.82, 2.24) is 4.90 Å². The van der Waals surface area contributed by atoms with E-state index >= 15 is 0 Å². The summed E-state index contributed by atoms with van der Waals surface area (Å²) in [7, 11) is -3.73. The van der Waals surface area contributed by atoms with E-state index in [1.165, 1.54) is 35.5 Å². The van der Waals surface area contributed by atoms with E-state index in [2.05, 4.69) is 46.3 Å². The van der Waals surface area contributed by atoms with E-state index in [4.69, 9.17) is 5.14 Å².